The molecule has 0 saturated heterocycles. The molecule has 0 aliphatic carbocycles. The molecule has 1 amide bonds. The molecule has 0 fully saturated rings. The van der Waals surface area contributed by atoms with Crippen molar-refractivity contribution in [2.45, 2.75) is 0 Å². The summed E-state index contributed by atoms with van der Waals surface area (Å²) < 4.78 is 0. The molecule has 0 aliphatic heterocycles. The van der Waals surface area contributed by atoms with Crippen LogP contribution in [0.4, 0.5) is 11.5 Å². The maximum atomic E-state index is 11.7. The van der Waals surface area contributed by atoms with Crippen LogP contribution in [-0.2, 0) is 0 Å². The summed E-state index contributed by atoms with van der Waals surface area (Å²) in [5.41, 5.74) is 6.34. The predicted octanol–water partition coefficient (Wildman–Crippen LogP) is 0.706. The number of carbonyl (C=O) groups excluding carboxylic acids is 1. The van der Waals surface area contributed by atoms with Gasteiger partial charge in [-0.1, -0.05) is 0 Å². The molecule has 0 saturated carbocycles. The molecular weight excluding hydrogens is 206 g/mol. The van der Waals surface area contributed by atoms with E-state index in [1.54, 1.807) is 12.1 Å². The Morgan fingerprint density at radius 2 is 2.06 bits per heavy atom. The number of aromatic nitrogens is 3. The molecule has 6 heteroatoms. The summed E-state index contributed by atoms with van der Waals surface area (Å²) in [7, 11) is 0. The van der Waals surface area contributed by atoms with Crippen molar-refractivity contribution in [3.05, 3.63) is 42.6 Å². The largest absolute Gasteiger partial charge is 0.398 e. The number of nitrogens with two attached hydrogens (primary N) is 1. The lowest BCUT2D eigenvalue weighted by atomic mass is 10.2. The number of hydrogen-bond donors (Lipinski definition) is 2. The molecule has 80 valence electrons. The van der Waals surface area contributed by atoms with Crippen LogP contribution >= 0.6 is 0 Å². The highest BCUT2D eigenvalue weighted by Gasteiger charge is 2.09. The van der Waals surface area contributed by atoms with Crippen LogP contribution in [0.3, 0.4) is 0 Å². The first-order valence-corrected chi connectivity index (χ1v) is 4.54. The van der Waals surface area contributed by atoms with Gasteiger partial charge in [0.1, 0.15) is 12.1 Å². The topological polar surface area (TPSA) is 93.8 Å². The van der Waals surface area contributed by atoms with E-state index >= 15 is 0 Å². The molecule has 2 rings (SSSR count). The summed E-state index contributed by atoms with van der Waals surface area (Å²) >= 11 is 0. The van der Waals surface area contributed by atoms with Crippen LogP contribution in [0, 0.1) is 0 Å². The SMILES string of the molecule is Nc1ccncc1C(=O)Nc1ccncn1. The van der Waals surface area contributed by atoms with Crippen LogP contribution in [-0.4, -0.2) is 20.9 Å². The first kappa shape index (κ1) is 10.0. The molecule has 0 unspecified atom stereocenters. The maximum Gasteiger partial charge on any atom is 0.260 e. The number of amides is 1. The van der Waals surface area contributed by atoms with Gasteiger partial charge in [-0.3, -0.25) is 9.78 Å². The van der Waals surface area contributed by atoms with Gasteiger partial charge in [0.25, 0.3) is 5.91 Å². The molecule has 0 atom stereocenters. The van der Waals surface area contributed by atoms with Crippen molar-refractivity contribution in [3.8, 4) is 0 Å². The van der Waals surface area contributed by atoms with Gasteiger partial charge < -0.3 is 11.1 Å². The lowest BCUT2D eigenvalue weighted by molar-refractivity contribution is 0.102. The second-order valence-corrected chi connectivity index (χ2v) is 3.01. The van der Waals surface area contributed by atoms with E-state index in [0.717, 1.165) is 0 Å². The van der Waals surface area contributed by atoms with Gasteiger partial charge in [-0.05, 0) is 12.1 Å². The lowest BCUT2D eigenvalue weighted by Crippen LogP contribution is -2.15. The number of anilines is 2. The smallest absolute Gasteiger partial charge is 0.260 e. The second kappa shape index (κ2) is 4.35. The summed E-state index contributed by atoms with van der Waals surface area (Å²) in [6.45, 7) is 0. The van der Waals surface area contributed by atoms with Crippen molar-refractivity contribution < 1.29 is 4.79 Å². The zero-order valence-corrected chi connectivity index (χ0v) is 8.29. The third-order valence-electron chi connectivity index (χ3n) is 1.92. The highest BCUT2D eigenvalue weighted by Crippen LogP contribution is 2.10. The number of hydrogen-bond acceptors (Lipinski definition) is 5. The van der Waals surface area contributed by atoms with Gasteiger partial charge in [-0.2, -0.15) is 0 Å². The fourth-order valence-corrected chi connectivity index (χ4v) is 1.14. The number of carbonyl (C=O) groups is 1. The normalized spacial score (nSPS) is 9.75. The van der Waals surface area contributed by atoms with Crippen LogP contribution in [0.2, 0.25) is 0 Å². The van der Waals surface area contributed by atoms with E-state index in [0.29, 0.717) is 17.1 Å². The number of nitrogen functional groups attached to an aromatic ring is 1. The molecule has 0 spiro atoms. The molecular formula is C10H9N5O. The Bertz CT molecular complexity index is 500. The Hall–Kier alpha value is -2.50. The number of pyridine rings is 1. The molecule has 16 heavy (non-hydrogen) atoms. The molecule has 3 N–H and O–H groups in total. The van der Waals surface area contributed by atoms with Gasteiger partial charge in [0, 0.05) is 24.3 Å². The minimum absolute atomic E-state index is 0.320. The fraction of sp³-hybridized carbons (Fsp3) is 0. The van der Waals surface area contributed by atoms with Crippen molar-refractivity contribution in [3.63, 3.8) is 0 Å². The highest BCUT2D eigenvalue weighted by atomic mass is 16.1. The standard InChI is InChI=1S/C10H9N5O/c11-8-1-3-12-5-7(8)10(16)15-9-2-4-13-6-14-9/h1-6H,(H2,11,12)(H,13,14,15,16). The van der Waals surface area contributed by atoms with E-state index in [-0.39, 0.29) is 5.91 Å². The van der Waals surface area contributed by atoms with E-state index in [4.69, 9.17) is 5.73 Å². The van der Waals surface area contributed by atoms with Gasteiger partial charge in [-0.25, -0.2) is 9.97 Å². The summed E-state index contributed by atoms with van der Waals surface area (Å²) in [5, 5.41) is 2.59. The molecule has 2 aromatic rings. The molecule has 0 radical (unpaired) electrons. The zero-order valence-electron chi connectivity index (χ0n) is 8.29. The monoisotopic (exact) mass is 215 g/mol. The molecule has 2 heterocycles. The number of nitrogens with zero attached hydrogens (tertiary/aromatic N) is 3. The Labute approximate surface area is 91.6 Å². The Kier molecular flexibility index (Phi) is 2.73. The van der Waals surface area contributed by atoms with Gasteiger partial charge in [-0.15, -0.1) is 0 Å². The van der Waals surface area contributed by atoms with Crippen molar-refractivity contribution in [2.24, 2.45) is 0 Å². The number of nitrogens with one attached hydrogen (secondary N) is 1. The van der Waals surface area contributed by atoms with Crippen molar-refractivity contribution in [1.29, 1.82) is 0 Å². The van der Waals surface area contributed by atoms with Crippen LogP contribution in [0.1, 0.15) is 10.4 Å². The Morgan fingerprint density at radius 1 is 1.25 bits per heavy atom. The average Bonchev–Trinajstić information content (AvgIpc) is 2.31. The third-order valence-corrected chi connectivity index (χ3v) is 1.92. The summed E-state index contributed by atoms with van der Waals surface area (Å²) in [4.78, 5) is 23.2. The minimum Gasteiger partial charge on any atom is -0.398 e. The van der Waals surface area contributed by atoms with E-state index in [1.165, 1.54) is 24.9 Å². The average molecular weight is 215 g/mol. The van der Waals surface area contributed by atoms with Crippen LogP contribution < -0.4 is 11.1 Å². The van der Waals surface area contributed by atoms with E-state index in [9.17, 15) is 4.79 Å². The number of rotatable bonds is 2. The van der Waals surface area contributed by atoms with Crippen LogP contribution in [0.15, 0.2) is 37.1 Å². The Balaban J connectivity index is 2.19. The minimum atomic E-state index is -0.343. The quantitative estimate of drug-likeness (QED) is 0.769. The van der Waals surface area contributed by atoms with E-state index in [1.807, 2.05) is 0 Å². The van der Waals surface area contributed by atoms with Gasteiger partial charge in [0.15, 0.2) is 0 Å². The van der Waals surface area contributed by atoms with Gasteiger partial charge in [0.05, 0.1) is 5.56 Å². The first-order valence-electron chi connectivity index (χ1n) is 4.54. The molecule has 2 aromatic heterocycles. The summed E-state index contributed by atoms with van der Waals surface area (Å²) in [6, 6.07) is 3.15. The van der Waals surface area contributed by atoms with Crippen molar-refractivity contribution in [1.82, 2.24) is 15.0 Å². The van der Waals surface area contributed by atoms with Crippen LogP contribution in [0.25, 0.3) is 0 Å². The lowest BCUT2D eigenvalue weighted by Gasteiger charge is -2.05. The zero-order chi connectivity index (χ0) is 11.4. The van der Waals surface area contributed by atoms with Crippen molar-refractivity contribution in [2.75, 3.05) is 11.1 Å². The molecule has 0 aromatic carbocycles. The fourth-order valence-electron chi connectivity index (χ4n) is 1.14. The molecule has 6 nitrogen and oxygen atoms in total. The summed E-state index contributed by atoms with van der Waals surface area (Å²) in [6.07, 6.45) is 5.82. The second-order valence-electron chi connectivity index (χ2n) is 3.01. The van der Waals surface area contributed by atoms with E-state index in [2.05, 4.69) is 20.3 Å². The van der Waals surface area contributed by atoms with Gasteiger partial charge >= 0.3 is 0 Å². The highest BCUT2D eigenvalue weighted by molar-refractivity contribution is 6.06. The molecule has 0 bridgehead atoms. The summed E-state index contributed by atoms with van der Waals surface area (Å²) in [5.74, 6) is 0.0764. The predicted molar refractivity (Wildman–Crippen MR) is 58.6 cm³/mol. The third kappa shape index (κ3) is 2.11. The Morgan fingerprint density at radius 3 is 2.75 bits per heavy atom. The van der Waals surface area contributed by atoms with Crippen LogP contribution in [0.5, 0.6) is 0 Å². The maximum absolute atomic E-state index is 11.7. The van der Waals surface area contributed by atoms with Gasteiger partial charge in [0.2, 0.25) is 0 Å². The first-order chi connectivity index (χ1) is 7.77. The molecule has 0 aliphatic rings. The van der Waals surface area contributed by atoms with E-state index < -0.39 is 0 Å². The van der Waals surface area contributed by atoms with Crippen molar-refractivity contribution >= 4 is 17.4 Å².